The standard InChI is InChI=1S/C18H25N5O2/c1-12(2)16-20-17-13(6-3-10-23(17)21-16)19-18(24)22-9-4-7-14(22)15-8-5-11-25-15/h5,8,11-14H,3-4,6-7,9-10H2,1-2H3,(H,19,24)/t13-,14-/m1/s1. The Bertz CT molecular complexity index is 737. The molecule has 2 aliphatic heterocycles. The highest BCUT2D eigenvalue weighted by molar-refractivity contribution is 5.75. The van der Waals surface area contributed by atoms with Crippen LogP contribution in [0.4, 0.5) is 4.79 Å². The molecule has 7 heteroatoms. The molecule has 0 radical (unpaired) electrons. The Morgan fingerprint density at radius 1 is 1.32 bits per heavy atom. The second-order valence-corrected chi connectivity index (χ2v) is 7.22. The third kappa shape index (κ3) is 3.03. The van der Waals surface area contributed by atoms with Crippen molar-refractivity contribution in [3.63, 3.8) is 0 Å². The molecule has 1 saturated heterocycles. The molecule has 2 aromatic rings. The van der Waals surface area contributed by atoms with Crippen molar-refractivity contribution < 1.29 is 9.21 Å². The zero-order valence-electron chi connectivity index (χ0n) is 14.8. The van der Waals surface area contributed by atoms with E-state index < -0.39 is 0 Å². The number of aromatic nitrogens is 3. The molecule has 0 bridgehead atoms. The molecule has 2 amide bonds. The van der Waals surface area contributed by atoms with Crippen LogP contribution in [0.1, 0.15) is 74.9 Å². The first-order valence-corrected chi connectivity index (χ1v) is 9.18. The number of amides is 2. The molecule has 0 unspecified atom stereocenters. The maximum Gasteiger partial charge on any atom is 0.318 e. The summed E-state index contributed by atoms with van der Waals surface area (Å²) < 4.78 is 7.48. The topological polar surface area (TPSA) is 76.2 Å². The summed E-state index contributed by atoms with van der Waals surface area (Å²) in [6, 6.07) is 3.75. The third-order valence-corrected chi connectivity index (χ3v) is 5.09. The van der Waals surface area contributed by atoms with Gasteiger partial charge in [-0.15, -0.1) is 0 Å². The van der Waals surface area contributed by atoms with Gasteiger partial charge in [0.1, 0.15) is 11.6 Å². The van der Waals surface area contributed by atoms with E-state index in [1.165, 1.54) is 0 Å². The van der Waals surface area contributed by atoms with Gasteiger partial charge in [0, 0.05) is 19.0 Å². The molecule has 0 saturated carbocycles. The monoisotopic (exact) mass is 343 g/mol. The predicted molar refractivity (Wildman–Crippen MR) is 92.0 cm³/mol. The molecular weight excluding hydrogens is 318 g/mol. The van der Waals surface area contributed by atoms with E-state index in [0.717, 1.165) is 56.2 Å². The summed E-state index contributed by atoms with van der Waals surface area (Å²) >= 11 is 0. The SMILES string of the molecule is CC(C)c1nc2n(n1)CCC[C@H]2NC(=O)N1CCC[C@@H]1c1ccco1. The van der Waals surface area contributed by atoms with Gasteiger partial charge >= 0.3 is 6.03 Å². The number of carbonyl (C=O) groups excluding carboxylic acids is 1. The molecule has 2 aliphatic rings. The highest BCUT2D eigenvalue weighted by Gasteiger charge is 2.34. The van der Waals surface area contributed by atoms with E-state index in [4.69, 9.17) is 4.42 Å². The average Bonchev–Trinajstić information content (AvgIpc) is 3.33. The molecule has 1 fully saturated rings. The van der Waals surface area contributed by atoms with Crippen molar-refractivity contribution in [2.24, 2.45) is 0 Å². The second-order valence-electron chi connectivity index (χ2n) is 7.22. The average molecular weight is 343 g/mol. The van der Waals surface area contributed by atoms with Crippen LogP contribution < -0.4 is 5.32 Å². The van der Waals surface area contributed by atoms with Gasteiger partial charge in [0.2, 0.25) is 0 Å². The van der Waals surface area contributed by atoms with Gasteiger partial charge in [-0.2, -0.15) is 5.10 Å². The number of nitrogens with one attached hydrogen (secondary N) is 1. The smallest absolute Gasteiger partial charge is 0.318 e. The molecule has 7 nitrogen and oxygen atoms in total. The van der Waals surface area contributed by atoms with E-state index in [-0.39, 0.29) is 24.0 Å². The quantitative estimate of drug-likeness (QED) is 0.927. The first kappa shape index (κ1) is 16.2. The molecule has 25 heavy (non-hydrogen) atoms. The number of urea groups is 1. The summed E-state index contributed by atoms with van der Waals surface area (Å²) in [5.74, 6) is 2.89. The molecule has 4 rings (SSSR count). The Morgan fingerprint density at radius 2 is 2.16 bits per heavy atom. The lowest BCUT2D eigenvalue weighted by molar-refractivity contribution is 0.179. The zero-order chi connectivity index (χ0) is 17.4. The predicted octanol–water partition coefficient (Wildman–Crippen LogP) is 3.38. The van der Waals surface area contributed by atoms with Crippen molar-refractivity contribution in [1.29, 1.82) is 0 Å². The number of hydrogen-bond donors (Lipinski definition) is 1. The van der Waals surface area contributed by atoms with Crippen LogP contribution in [0.2, 0.25) is 0 Å². The molecular formula is C18H25N5O2. The van der Waals surface area contributed by atoms with Gasteiger partial charge in [0.25, 0.3) is 0 Å². The van der Waals surface area contributed by atoms with Gasteiger partial charge in [-0.1, -0.05) is 13.8 Å². The van der Waals surface area contributed by atoms with Crippen molar-refractivity contribution in [2.75, 3.05) is 6.54 Å². The van der Waals surface area contributed by atoms with Gasteiger partial charge in [-0.25, -0.2) is 14.5 Å². The summed E-state index contributed by atoms with van der Waals surface area (Å²) in [5.41, 5.74) is 0. The van der Waals surface area contributed by atoms with E-state index in [9.17, 15) is 4.79 Å². The van der Waals surface area contributed by atoms with Gasteiger partial charge in [0.05, 0.1) is 18.3 Å². The van der Waals surface area contributed by atoms with Crippen LogP contribution in [0, 0.1) is 0 Å². The highest BCUT2D eigenvalue weighted by atomic mass is 16.3. The van der Waals surface area contributed by atoms with Crippen molar-refractivity contribution in [3.8, 4) is 0 Å². The van der Waals surface area contributed by atoms with Gasteiger partial charge in [0.15, 0.2) is 5.82 Å². The molecule has 0 spiro atoms. The minimum Gasteiger partial charge on any atom is -0.467 e. The first-order valence-electron chi connectivity index (χ1n) is 9.18. The van der Waals surface area contributed by atoms with E-state index in [2.05, 4.69) is 29.2 Å². The molecule has 134 valence electrons. The Morgan fingerprint density at radius 3 is 2.92 bits per heavy atom. The van der Waals surface area contributed by atoms with Crippen LogP contribution in [0.15, 0.2) is 22.8 Å². The number of aryl methyl sites for hydroxylation is 1. The minimum absolute atomic E-state index is 0.0303. The van der Waals surface area contributed by atoms with E-state index in [0.29, 0.717) is 0 Å². The lowest BCUT2D eigenvalue weighted by Gasteiger charge is -2.28. The van der Waals surface area contributed by atoms with E-state index >= 15 is 0 Å². The molecule has 0 aromatic carbocycles. The second kappa shape index (κ2) is 6.54. The van der Waals surface area contributed by atoms with E-state index in [1.54, 1.807) is 6.26 Å². The highest BCUT2D eigenvalue weighted by Crippen LogP contribution is 2.33. The number of hydrogen-bond acceptors (Lipinski definition) is 4. The summed E-state index contributed by atoms with van der Waals surface area (Å²) in [5, 5.41) is 7.77. The number of furan rings is 1. The summed E-state index contributed by atoms with van der Waals surface area (Å²) in [7, 11) is 0. The maximum absolute atomic E-state index is 12.9. The van der Waals surface area contributed by atoms with Gasteiger partial charge < -0.3 is 14.6 Å². The fraction of sp³-hybridized carbons (Fsp3) is 0.611. The molecule has 2 aromatic heterocycles. The molecule has 4 heterocycles. The van der Waals surface area contributed by atoms with Crippen LogP contribution in [-0.2, 0) is 6.54 Å². The zero-order valence-corrected chi connectivity index (χ0v) is 14.8. The van der Waals surface area contributed by atoms with Crippen molar-refractivity contribution in [2.45, 2.75) is 64.1 Å². The van der Waals surface area contributed by atoms with E-state index in [1.807, 2.05) is 21.7 Å². The first-order chi connectivity index (χ1) is 12.1. The largest absolute Gasteiger partial charge is 0.467 e. The summed E-state index contributed by atoms with van der Waals surface area (Å²) in [4.78, 5) is 19.5. The van der Waals surface area contributed by atoms with Gasteiger partial charge in [-0.3, -0.25) is 0 Å². The maximum atomic E-state index is 12.9. The molecule has 1 N–H and O–H groups in total. The lowest BCUT2D eigenvalue weighted by Crippen LogP contribution is -2.42. The summed E-state index contributed by atoms with van der Waals surface area (Å²) in [6.45, 7) is 5.81. The summed E-state index contributed by atoms with van der Waals surface area (Å²) in [6.07, 6.45) is 5.51. The number of likely N-dealkylation sites (tertiary alicyclic amines) is 1. The lowest BCUT2D eigenvalue weighted by atomic mass is 10.1. The van der Waals surface area contributed by atoms with Crippen LogP contribution in [0.25, 0.3) is 0 Å². The van der Waals surface area contributed by atoms with Crippen LogP contribution >= 0.6 is 0 Å². The Kier molecular flexibility index (Phi) is 4.23. The Balaban J connectivity index is 1.50. The fourth-order valence-electron chi connectivity index (χ4n) is 3.77. The Labute approximate surface area is 147 Å². The number of fused-ring (bicyclic) bond motifs is 1. The van der Waals surface area contributed by atoms with Crippen LogP contribution in [0.3, 0.4) is 0 Å². The van der Waals surface area contributed by atoms with Crippen molar-refractivity contribution >= 4 is 6.03 Å². The number of nitrogens with zero attached hydrogens (tertiary/aromatic N) is 4. The minimum atomic E-state index is -0.0703. The number of carbonyl (C=O) groups is 1. The van der Waals surface area contributed by atoms with Crippen molar-refractivity contribution in [1.82, 2.24) is 25.0 Å². The third-order valence-electron chi connectivity index (χ3n) is 5.09. The van der Waals surface area contributed by atoms with Crippen LogP contribution in [0.5, 0.6) is 0 Å². The Hall–Kier alpha value is -2.31. The van der Waals surface area contributed by atoms with Gasteiger partial charge in [-0.05, 0) is 37.8 Å². The number of rotatable bonds is 3. The molecule has 0 aliphatic carbocycles. The molecule has 2 atom stereocenters. The normalized spacial score (nSPS) is 23.1. The van der Waals surface area contributed by atoms with Crippen molar-refractivity contribution in [3.05, 3.63) is 35.8 Å². The fourth-order valence-corrected chi connectivity index (χ4v) is 3.77. The van der Waals surface area contributed by atoms with Crippen LogP contribution in [-0.4, -0.2) is 32.2 Å².